The van der Waals surface area contributed by atoms with Crippen molar-refractivity contribution in [2.24, 2.45) is 0 Å². The second kappa shape index (κ2) is 3.12. The van der Waals surface area contributed by atoms with E-state index >= 15 is 0 Å². The summed E-state index contributed by atoms with van der Waals surface area (Å²) in [7, 11) is -1.07. The molecule has 0 nitrogen and oxygen atoms in total. The van der Waals surface area contributed by atoms with Crippen molar-refractivity contribution < 1.29 is 0 Å². The lowest BCUT2D eigenvalue weighted by Gasteiger charge is -2.34. The predicted octanol–water partition coefficient (Wildman–Crippen LogP) is 4.26. The highest BCUT2D eigenvalue weighted by molar-refractivity contribution is 8.12. The molecule has 0 rings (SSSR count). The maximum absolute atomic E-state index is 6.36. The summed E-state index contributed by atoms with van der Waals surface area (Å²) in [5.74, 6) is 0. The van der Waals surface area contributed by atoms with Crippen LogP contribution in [0.3, 0.4) is 0 Å². The Labute approximate surface area is 71.8 Å². The van der Waals surface area contributed by atoms with Gasteiger partial charge >= 0.3 is 0 Å². The summed E-state index contributed by atoms with van der Waals surface area (Å²) in [6.45, 7) is 13.5. The van der Waals surface area contributed by atoms with Crippen molar-refractivity contribution in [3.05, 3.63) is 0 Å². The number of halogens is 1. The molecule has 0 saturated heterocycles. The van der Waals surface area contributed by atoms with Crippen LogP contribution in [0.2, 0.25) is 19.6 Å². The van der Waals surface area contributed by atoms with Crippen LogP contribution < -0.4 is 0 Å². The minimum atomic E-state index is -1.07. The maximum Gasteiger partial charge on any atom is 0.0913 e. The molecule has 1 atom stereocenters. The van der Waals surface area contributed by atoms with Crippen molar-refractivity contribution in [2.45, 2.75) is 45.6 Å². The zero-order valence-electron chi connectivity index (χ0n) is 7.83. The molecule has 10 heavy (non-hydrogen) atoms. The Morgan fingerprint density at radius 2 is 1.40 bits per heavy atom. The van der Waals surface area contributed by atoms with E-state index in [1.807, 2.05) is 0 Å². The van der Waals surface area contributed by atoms with Crippen molar-refractivity contribution in [3.63, 3.8) is 0 Å². The number of rotatable bonds is 1. The maximum atomic E-state index is 6.36. The molecule has 0 aromatic carbocycles. The van der Waals surface area contributed by atoms with Crippen molar-refractivity contribution in [1.29, 1.82) is 0 Å². The van der Waals surface area contributed by atoms with E-state index in [0.29, 0.717) is 5.16 Å². The Morgan fingerprint density at radius 1 is 1.10 bits per heavy atom. The van der Waals surface area contributed by atoms with Crippen molar-refractivity contribution >= 4 is 25.8 Å². The van der Waals surface area contributed by atoms with Crippen LogP contribution in [0.4, 0.5) is 0 Å². The van der Waals surface area contributed by atoms with Crippen LogP contribution in [-0.4, -0.2) is 12.9 Å². The molecule has 0 amide bonds. The fourth-order valence-electron chi connectivity index (χ4n) is 1.01. The first-order valence-corrected chi connectivity index (χ1v) is 10.2. The largest absolute Gasteiger partial charge is 0.101 e. The molecule has 0 aliphatic rings. The van der Waals surface area contributed by atoms with E-state index < -0.39 is 7.74 Å². The predicted molar refractivity (Wildman–Crippen MR) is 55.9 cm³/mol. The number of hydrogen-bond acceptors (Lipinski definition) is 0. The molecule has 0 fully saturated rings. The lowest BCUT2D eigenvalue weighted by atomic mass is 10.3. The summed E-state index contributed by atoms with van der Waals surface area (Å²) in [5, 5.41) is 0.335. The SMILES string of the molecule is CC(C)(C)P(Cl)[Si](C)(C)C. The van der Waals surface area contributed by atoms with Crippen molar-refractivity contribution in [3.8, 4) is 0 Å². The lowest BCUT2D eigenvalue weighted by Crippen LogP contribution is -2.25. The molecule has 0 saturated carbocycles. The van der Waals surface area contributed by atoms with Gasteiger partial charge in [0.05, 0.1) is 7.74 Å². The van der Waals surface area contributed by atoms with Crippen LogP contribution in [-0.2, 0) is 0 Å². The highest BCUT2D eigenvalue weighted by atomic mass is 35.7. The first kappa shape index (κ1) is 10.9. The first-order valence-electron chi connectivity index (χ1n) is 3.62. The van der Waals surface area contributed by atoms with Crippen molar-refractivity contribution in [1.82, 2.24) is 0 Å². The highest BCUT2D eigenvalue weighted by Crippen LogP contribution is 2.60. The standard InChI is InChI=1S/C7H18ClPSi/c1-7(2,3)9(8)10(4,5)6/h1-6H3. The molecule has 0 bridgehead atoms. The summed E-state index contributed by atoms with van der Waals surface area (Å²) in [6, 6.07) is 0. The lowest BCUT2D eigenvalue weighted by molar-refractivity contribution is 0.797. The van der Waals surface area contributed by atoms with Gasteiger partial charge in [-0.15, -0.1) is 11.2 Å². The van der Waals surface area contributed by atoms with E-state index in [1.165, 1.54) is 0 Å². The molecule has 1 unspecified atom stereocenters. The van der Waals surface area contributed by atoms with Crippen molar-refractivity contribution in [2.75, 3.05) is 0 Å². The Hall–Kier alpha value is 0.937. The van der Waals surface area contributed by atoms with Gasteiger partial charge in [-0.05, 0) is 12.0 Å². The molecule has 0 aliphatic carbocycles. The average molecular weight is 197 g/mol. The monoisotopic (exact) mass is 196 g/mol. The second-order valence-corrected chi connectivity index (χ2v) is 18.1. The van der Waals surface area contributed by atoms with Crippen LogP contribution in [0.5, 0.6) is 0 Å². The smallest absolute Gasteiger partial charge is 0.0913 e. The molecule has 0 radical (unpaired) electrons. The van der Waals surface area contributed by atoms with Crippen LogP contribution in [0.1, 0.15) is 20.8 Å². The Balaban J connectivity index is 4.23. The molecule has 62 valence electrons. The van der Waals surface area contributed by atoms with Gasteiger partial charge in [-0.2, -0.15) is 0 Å². The topological polar surface area (TPSA) is 0 Å². The van der Waals surface area contributed by atoms with Gasteiger partial charge in [-0.3, -0.25) is 0 Å². The van der Waals surface area contributed by atoms with Gasteiger partial charge in [0.1, 0.15) is 0 Å². The number of hydrogen-bond donors (Lipinski definition) is 0. The highest BCUT2D eigenvalue weighted by Gasteiger charge is 2.34. The summed E-state index contributed by atoms with van der Waals surface area (Å²) < 4.78 is 0. The van der Waals surface area contributed by atoms with Gasteiger partial charge in [-0.25, -0.2) is 0 Å². The average Bonchev–Trinajstić information content (AvgIpc) is 1.59. The van der Waals surface area contributed by atoms with Crippen LogP contribution in [0, 0.1) is 0 Å². The van der Waals surface area contributed by atoms with E-state index in [4.69, 9.17) is 11.2 Å². The zero-order chi connectivity index (χ0) is 8.58. The molecule has 0 aliphatic heterocycles. The fourth-order valence-corrected chi connectivity index (χ4v) is 9.06. The van der Waals surface area contributed by atoms with Gasteiger partial charge in [0.25, 0.3) is 0 Å². The molecule has 0 spiro atoms. The van der Waals surface area contributed by atoms with Crippen LogP contribution in [0.25, 0.3) is 0 Å². The summed E-state index contributed by atoms with van der Waals surface area (Å²) in [5.41, 5.74) is 0. The zero-order valence-corrected chi connectivity index (χ0v) is 10.5. The van der Waals surface area contributed by atoms with Gasteiger partial charge in [0.2, 0.25) is 0 Å². The van der Waals surface area contributed by atoms with Gasteiger partial charge in [0, 0.05) is 0 Å². The Kier molecular flexibility index (Phi) is 3.42. The second-order valence-electron chi connectivity index (χ2n) is 4.62. The molecule has 0 aromatic heterocycles. The minimum absolute atomic E-state index is 0.252. The molecule has 3 heteroatoms. The van der Waals surface area contributed by atoms with E-state index in [2.05, 4.69) is 40.4 Å². The quantitative estimate of drug-likeness (QED) is 0.435. The van der Waals surface area contributed by atoms with Gasteiger partial charge in [-0.1, -0.05) is 40.4 Å². The third-order valence-electron chi connectivity index (χ3n) is 1.18. The summed E-state index contributed by atoms with van der Waals surface area (Å²) in [6.07, 6.45) is 0. The fraction of sp³-hybridized carbons (Fsp3) is 1.00. The van der Waals surface area contributed by atoms with Crippen LogP contribution >= 0.6 is 18.1 Å². The molecular formula is C7H18ClPSi. The van der Waals surface area contributed by atoms with E-state index in [0.717, 1.165) is 0 Å². The molecule has 0 N–H and O–H groups in total. The third kappa shape index (κ3) is 3.36. The molecule has 0 heterocycles. The first-order chi connectivity index (χ1) is 4.15. The molecule has 0 aromatic rings. The Morgan fingerprint density at radius 3 is 1.40 bits per heavy atom. The van der Waals surface area contributed by atoms with Crippen LogP contribution in [0.15, 0.2) is 0 Å². The van der Waals surface area contributed by atoms with E-state index in [9.17, 15) is 0 Å². The summed E-state index contributed by atoms with van der Waals surface area (Å²) >= 11 is 6.36. The summed E-state index contributed by atoms with van der Waals surface area (Å²) in [4.78, 5) is 0. The third-order valence-corrected chi connectivity index (χ3v) is 15.2. The Bertz CT molecular complexity index is 97.8. The van der Waals surface area contributed by atoms with E-state index in [-0.39, 0.29) is 6.82 Å². The molecular weight excluding hydrogens is 179 g/mol. The van der Waals surface area contributed by atoms with Gasteiger partial charge < -0.3 is 0 Å². The normalized spacial score (nSPS) is 17.1. The van der Waals surface area contributed by atoms with E-state index in [1.54, 1.807) is 0 Å². The van der Waals surface area contributed by atoms with Gasteiger partial charge in [0.15, 0.2) is 0 Å². The minimum Gasteiger partial charge on any atom is -0.101 e.